The highest BCUT2D eigenvalue weighted by Gasteiger charge is 2.26. The minimum atomic E-state index is 0.162. The number of anilines is 1. The van der Waals surface area contributed by atoms with Crippen molar-refractivity contribution in [2.24, 2.45) is 0 Å². The van der Waals surface area contributed by atoms with Gasteiger partial charge in [-0.3, -0.25) is 0 Å². The first-order valence-corrected chi connectivity index (χ1v) is 6.89. The smallest absolute Gasteiger partial charge is 0.322 e. The first kappa shape index (κ1) is 13.1. The van der Waals surface area contributed by atoms with Crippen molar-refractivity contribution in [2.45, 2.75) is 12.3 Å². The Labute approximate surface area is 122 Å². The Hall–Kier alpha value is -1.88. The fraction of sp³-hybridized carbons (Fsp3) is 0.357. The van der Waals surface area contributed by atoms with Crippen LogP contribution >= 0.6 is 11.6 Å². The van der Waals surface area contributed by atoms with Gasteiger partial charge >= 0.3 is 6.01 Å². The van der Waals surface area contributed by atoms with Crippen LogP contribution < -0.4 is 9.64 Å². The first-order chi connectivity index (χ1) is 9.76. The molecular weight excluding hydrogens is 276 g/mol. The fourth-order valence-corrected chi connectivity index (χ4v) is 2.64. The molecule has 20 heavy (non-hydrogen) atoms. The number of halogens is 1. The van der Waals surface area contributed by atoms with Crippen molar-refractivity contribution >= 4 is 17.5 Å². The molecule has 1 aliphatic rings. The van der Waals surface area contributed by atoms with Gasteiger partial charge in [-0.05, 0) is 23.6 Å². The lowest BCUT2D eigenvalue weighted by atomic mass is 9.99. The number of aromatic nitrogens is 3. The molecule has 0 bridgehead atoms. The molecule has 1 saturated heterocycles. The van der Waals surface area contributed by atoms with Crippen LogP contribution in [0, 0.1) is 0 Å². The Balaban J connectivity index is 1.79. The highest BCUT2D eigenvalue weighted by atomic mass is 35.5. The summed E-state index contributed by atoms with van der Waals surface area (Å²) in [5.74, 6) is 1.08. The molecule has 0 aliphatic carbocycles. The molecule has 0 radical (unpaired) electrons. The lowest BCUT2D eigenvalue weighted by Gasteiger charge is -2.16. The highest BCUT2D eigenvalue weighted by Crippen LogP contribution is 2.29. The maximum atomic E-state index is 5.89. The van der Waals surface area contributed by atoms with Crippen molar-refractivity contribution in [2.75, 3.05) is 25.1 Å². The van der Waals surface area contributed by atoms with E-state index in [4.69, 9.17) is 16.3 Å². The van der Waals surface area contributed by atoms with Crippen LogP contribution in [0.1, 0.15) is 17.9 Å². The van der Waals surface area contributed by atoms with Crippen LogP contribution in [-0.2, 0) is 0 Å². The topological polar surface area (TPSA) is 51.1 Å². The second-order valence-corrected chi connectivity index (χ2v) is 5.07. The van der Waals surface area contributed by atoms with Gasteiger partial charge < -0.3 is 9.64 Å². The van der Waals surface area contributed by atoms with E-state index >= 15 is 0 Å². The van der Waals surface area contributed by atoms with Gasteiger partial charge in [0.25, 0.3) is 0 Å². The van der Waals surface area contributed by atoms with E-state index < -0.39 is 0 Å². The van der Waals surface area contributed by atoms with E-state index in [0.29, 0.717) is 11.9 Å². The third-order valence-electron chi connectivity index (χ3n) is 3.50. The van der Waals surface area contributed by atoms with Gasteiger partial charge in [0.2, 0.25) is 11.2 Å². The molecule has 104 valence electrons. The van der Waals surface area contributed by atoms with Crippen LogP contribution in [-0.4, -0.2) is 35.2 Å². The molecule has 5 nitrogen and oxygen atoms in total. The number of methoxy groups -OCH3 is 1. The molecule has 1 fully saturated rings. The van der Waals surface area contributed by atoms with Gasteiger partial charge in [-0.2, -0.15) is 15.0 Å². The molecule has 0 amide bonds. The zero-order valence-electron chi connectivity index (χ0n) is 11.2. The third-order valence-corrected chi connectivity index (χ3v) is 3.67. The summed E-state index contributed by atoms with van der Waals surface area (Å²) in [6.45, 7) is 1.79. The summed E-state index contributed by atoms with van der Waals surface area (Å²) in [6, 6.07) is 10.8. The second-order valence-electron chi connectivity index (χ2n) is 4.73. The maximum Gasteiger partial charge on any atom is 0.322 e. The monoisotopic (exact) mass is 290 g/mol. The van der Waals surface area contributed by atoms with Crippen LogP contribution in [0.5, 0.6) is 6.01 Å². The Morgan fingerprint density at radius 2 is 2.00 bits per heavy atom. The van der Waals surface area contributed by atoms with E-state index in [-0.39, 0.29) is 11.3 Å². The highest BCUT2D eigenvalue weighted by molar-refractivity contribution is 6.28. The van der Waals surface area contributed by atoms with Gasteiger partial charge in [0.05, 0.1) is 7.11 Å². The zero-order chi connectivity index (χ0) is 13.9. The van der Waals surface area contributed by atoms with Crippen molar-refractivity contribution in [1.29, 1.82) is 0 Å². The average Bonchev–Trinajstić information content (AvgIpc) is 2.97. The maximum absolute atomic E-state index is 5.89. The van der Waals surface area contributed by atoms with Crippen molar-refractivity contribution in [1.82, 2.24) is 15.0 Å². The SMILES string of the molecule is COc1nc(Cl)nc(N2CCC(c3ccccc3)C2)n1. The van der Waals surface area contributed by atoms with Gasteiger partial charge in [0.15, 0.2) is 0 Å². The van der Waals surface area contributed by atoms with Gasteiger partial charge in [-0.1, -0.05) is 30.3 Å². The van der Waals surface area contributed by atoms with Gasteiger partial charge in [0, 0.05) is 19.0 Å². The Kier molecular flexibility index (Phi) is 3.69. The summed E-state index contributed by atoms with van der Waals surface area (Å²) in [5.41, 5.74) is 1.35. The minimum Gasteiger partial charge on any atom is -0.467 e. The van der Waals surface area contributed by atoms with E-state index in [1.165, 1.54) is 12.7 Å². The van der Waals surface area contributed by atoms with Crippen LogP contribution in [0.4, 0.5) is 5.95 Å². The summed E-state index contributed by atoms with van der Waals surface area (Å²) < 4.78 is 5.03. The van der Waals surface area contributed by atoms with Gasteiger partial charge in [0.1, 0.15) is 0 Å². The lowest BCUT2D eigenvalue weighted by molar-refractivity contribution is 0.378. The molecule has 1 aliphatic heterocycles. The number of ether oxygens (including phenoxy) is 1. The molecule has 1 unspecified atom stereocenters. The van der Waals surface area contributed by atoms with Gasteiger partial charge in [-0.15, -0.1) is 0 Å². The molecule has 1 aromatic heterocycles. The largest absolute Gasteiger partial charge is 0.467 e. The fourth-order valence-electron chi connectivity index (χ4n) is 2.49. The Bertz CT molecular complexity index is 593. The van der Waals surface area contributed by atoms with Crippen molar-refractivity contribution in [3.8, 4) is 6.01 Å². The van der Waals surface area contributed by atoms with Crippen molar-refractivity contribution < 1.29 is 4.74 Å². The molecule has 6 heteroatoms. The third kappa shape index (κ3) is 2.67. The normalized spacial score (nSPS) is 18.3. The number of benzene rings is 1. The summed E-state index contributed by atoms with van der Waals surface area (Å²) >= 11 is 5.89. The molecule has 0 N–H and O–H groups in total. The van der Waals surface area contributed by atoms with Crippen LogP contribution in [0.2, 0.25) is 5.28 Å². The minimum absolute atomic E-state index is 0.162. The van der Waals surface area contributed by atoms with E-state index in [0.717, 1.165) is 19.5 Å². The van der Waals surface area contributed by atoms with Crippen molar-refractivity contribution in [3.05, 3.63) is 41.2 Å². The van der Waals surface area contributed by atoms with E-state index in [1.54, 1.807) is 0 Å². The summed E-state index contributed by atoms with van der Waals surface area (Å²) in [4.78, 5) is 14.5. The summed E-state index contributed by atoms with van der Waals surface area (Å²) in [5, 5.41) is 0.162. The molecule has 0 saturated carbocycles. The van der Waals surface area contributed by atoms with Gasteiger partial charge in [-0.25, -0.2) is 0 Å². The van der Waals surface area contributed by atoms with E-state index in [9.17, 15) is 0 Å². The molecule has 1 atom stereocenters. The number of nitrogens with zero attached hydrogens (tertiary/aromatic N) is 4. The molecule has 0 spiro atoms. The molecule has 3 rings (SSSR count). The predicted molar refractivity (Wildman–Crippen MR) is 77.4 cm³/mol. The van der Waals surface area contributed by atoms with Crippen LogP contribution in [0.3, 0.4) is 0 Å². The van der Waals surface area contributed by atoms with Crippen LogP contribution in [0.25, 0.3) is 0 Å². The number of hydrogen-bond acceptors (Lipinski definition) is 5. The summed E-state index contributed by atoms with van der Waals surface area (Å²) in [6.07, 6.45) is 1.08. The Morgan fingerprint density at radius 1 is 1.20 bits per heavy atom. The lowest BCUT2D eigenvalue weighted by Crippen LogP contribution is -2.22. The quantitative estimate of drug-likeness (QED) is 0.869. The standard InChI is InChI=1S/C14H15ClN4O/c1-20-14-17-12(15)16-13(18-14)19-8-7-11(9-19)10-5-3-2-4-6-10/h2-6,11H,7-9H2,1H3. The zero-order valence-corrected chi connectivity index (χ0v) is 11.9. The van der Waals surface area contributed by atoms with Crippen molar-refractivity contribution in [3.63, 3.8) is 0 Å². The van der Waals surface area contributed by atoms with Crippen LogP contribution in [0.15, 0.2) is 30.3 Å². The van der Waals surface area contributed by atoms with E-state index in [1.807, 2.05) is 6.07 Å². The number of hydrogen-bond donors (Lipinski definition) is 0. The Morgan fingerprint density at radius 3 is 2.75 bits per heavy atom. The first-order valence-electron chi connectivity index (χ1n) is 6.51. The molecule has 1 aromatic carbocycles. The summed E-state index contributed by atoms with van der Waals surface area (Å²) in [7, 11) is 1.52. The average molecular weight is 291 g/mol. The molecular formula is C14H15ClN4O. The van der Waals surface area contributed by atoms with E-state index in [2.05, 4.69) is 44.1 Å². The predicted octanol–water partition coefficient (Wildman–Crippen LogP) is 2.53. The molecule has 2 heterocycles. The molecule has 2 aromatic rings. The second kappa shape index (κ2) is 5.63. The number of rotatable bonds is 3.